The van der Waals surface area contributed by atoms with Crippen LogP contribution in [-0.2, 0) is 5.41 Å². The maximum atomic E-state index is 12.6. The van der Waals surface area contributed by atoms with Gasteiger partial charge in [0.25, 0.3) is 5.91 Å². The molecule has 0 saturated carbocycles. The molecule has 0 spiro atoms. The second-order valence-corrected chi connectivity index (χ2v) is 7.92. The van der Waals surface area contributed by atoms with Gasteiger partial charge in [-0.25, -0.2) is 0 Å². The van der Waals surface area contributed by atoms with E-state index >= 15 is 0 Å². The molecule has 1 N–H and O–H groups in total. The van der Waals surface area contributed by atoms with Crippen LogP contribution in [0.3, 0.4) is 0 Å². The Balaban J connectivity index is 1.65. The minimum Gasteiger partial charge on any atom is -0.456 e. The summed E-state index contributed by atoms with van der Waals surface area (Å²) >= 11 is 0. The van der Waals surface area contributed by atoms with Crippen molar-refractivity contribution in [3.05, 3.63) is 88.1 Å². The van der Waals surface area contributed by atoms with E-state index in [0.717, 1.165) is 0 Å². The van der Waals surface area contributed by atoms with Crippen molar-refractivity contribution in [1.82, 2.24) is 0 Å². The van der Waals surface area contributed by atoms with Crippen LogP contribution >= 0.6 is 0 Å². The third-order valence-electron chi connectivity index (χ3n) is 4.85. The molecule has 4 nitrogen and oxygen atoms in total. The van der Waals surface area contributed by atoms with Gasteiger partial charge in [-0.1, -0.05) is 45.0 Å². The summed E-state index contributed by atoms with van der Waals surface area (Å²) in [6.07, 6.45) is 0. The van der Waals surface area contributed by atoms with E-state index in [-0.39, 0.29) is 16.8 Å². The zero-order chi connectivity index (χ0) is 19.9. The second-order valence-electron chi connectivity index (χ2n) is 7.92. The molecular weight excluding hydrogens is 350 g/mol. The van der Waals surface area contributed by atoms with Gasteiger partial charge in [0.2, 0.25) is 5.43 Å². The Bertz CT molecular complexity index is 1250. The standard InChI is InChI=1S/C24H21NO3/c1-24(2,3)16-10-8-15(9-11-16)23(27)25-17-12-13-19-21(14-17)28-20-7-5-4-6-18(20)22(19)26/h4-14H,1-3H3,(H,25,27). The molecule has 3 aromatic carbocycles. The zero-order valence-corrected chi connectivity index (χ0v) is 16.1. The quantitative estimate of drug-likeness (QED) is 0.474. The molecule has 0 radical (unpaired) electrons. The van der Waals surface area contributed by atoms with Crippen molar-refractivity contribution in [2.75, 3.05) is 5.32 Å². The Kier molecular flexibility index (Phi) is 4.27. The highest BCUT2D eigenvalue weighted by Crippen LogP contribution is 2.24. The van der Waals surface area contributed by atoms with Crippen molar-refractivity contribution in [2.24, 2.45) is 0 Å². The number of anilines is 1. The van der Waals surface area contributed by atoms with E-state index in [2.05, 4.69) is 26.1 Å². The molecule has 28 heavy (non-hydrogen) atoms. The normalized spacial score (nSPS) is 11.7. The monoisotopic (exact) mass is 371 g/mol. The first-order valence-electron chi connectivity index (χ1n) is 9.20. The van der Waals surface area contributed by atoms with Crippen LogP contribution in [-0.4, -0.2) is 5.91 Å². The van der Waals surface area contributed by atoms with Gasteiger partial charge in [0.15, 0.2) is 0 Å². The lowest BCUT2D eigenvalue weighted by Gasteiger charge is -2.19. The van der Waals surface area contributed by atoms with E-state index < -0.39 is 0 Å². The van der Waals surface area contributed by atoms with Gasteiger partial charge in [0.05, 0.1) is 10.8 Å². The third-order valence-corrected chi connectivity index (χ3v) is 4.85. The Morgan fingerprint density at radius 1 is 0.857 bits per heavy atom. The summed E-state index contributed by atoms with van der Waals surface area (Å²) in [5.74, 6) is -0.206. The van der Waals surface area contributed by atoms with Crippen LogP contribution in [0, 0.1) is 0 Å². The molecule has 4 rings (SSSR count). The average molecular weight is 371 g/mol. The summed E-state index contributed by atoms with van der Waals surface area (Å²) in [4.78, 5) is 25.2. The first-order valence-corrected chi connectivity index (χ1v) is 9.20. The summed E-state index contributed by atoms with van der Waals surface area (Å²) in [6.45, 7) is 6.40. The van der Waals surface area contributed by atoms with Crippen LogP contribution in [0.5, 0.6) is 0 Å². The highest BCUT2D eigenvalue weighted by atomic mass is 16.3. The van der Waals surface area contributed by atoms with Crippen LogP contribution in [0.15, 0.2) is 75.9 Å². The molecule has 0 saturated heterocycles. The maximum Gasteiger partial charge on any atom is 0.255 e. The smallest absolute Gasteiger partial charge is 0.255 e. The van der Waals surface area contributed by atoms with Crippen LogP contribution in [0.1, 0.15) is 36.7 Å². The second kappa shape index (κ2) is 6.64. The van der Waals surface area contributed by atoms with Crippen LogP contribution < -0.4 is 10.7 Å². The molecule has 140 valence electrons. The number of amides is 1. The first kappa shape index (κ1) is 18.0. The number of hydrogen-bond donors (Lipinski definition) is 1. The highest BCUT2D eigenvalue weighted by molar-refractivity contribution is 6.05. The van der Waals surface area contributed by atoms with Crippen molar-refractivity contribution < 1.29 is 9.21 Å². The molecule has 0 aliphatic rings. The zero-order valence-electron chi connectivity index (χ0n) is 16.1. The Labute approximate surface area is 162 Å². The van der Waals surface area contributed by atoms with Gasteiger partial charge < -0.3 is 9.73 Å². The lowest BCUT2D eigenvalue weighted by molar-refractivity contribution is 0.102. The largest absolute Gasteiger partial charge is 0.456 e. The van der Waals surface area contributed by atoms with Gasteiger partial charge in [0, 0.05) is 17.3 Å². The molecule has 0 aliphatic heterocycles. The molecule has 0 aliphatic carbocycles. The summed E-state index contributed by atoms with van der Waals surface area (Å²) in [5, 5.41) is 3.91. The molecule has 1 amide bonds. The van der Waals surface area contributed by atoms with Crippen LogP contribution in [0.2, 0.25) is 0 Å². The summed E-state index contributed by atoms with van der Waals surface area (Å²) < 4.78 is 5.86. The van der Waals surface area contributed by atoms with Gasteiger partial charge in [-0.15, -0.1) is 0 Å². The number of benzene rings is 3. The predicted molar refractivity (Wildman–Crippen MR) is 113 cm³/mol. The van der Waals surface area contributed by atoms with E-state index in [4.69, 9.17) is 4.42 Å². The number of carbonyl (C=O) groups is 1. The molecule has 0 atom stereocenters. The molecule has 0 unspecified atom stereocenters. The van der Waals surface area contributed by atoms with E-state index in [9.17, 15) is 9.59 Å². The fraction of sp³-hybridized carbons (Fsp3) is 0.167. The fourth-order valence-electron chi connectivity index (χ4n) is 3.20. The highest BCUT2D eigenvalue weighted by Gasteiger charge is 2.15. The van der Waals surface area contributed by atoms with Crippen LogP contribution in [0.4, 0.5) is 5.69 Å². The third kappa shape index (κ3) is 3.29. The Morgan fingerprint density at radius 2 is 1.54 bits per heavy atom. The predicted octanol–water partition coefficient (Wildman–Crippen LogP) is 5.50. The van der Waals surface area contributed by atoms with Gasteiger partial charge >= 0.3 is 0 Å². The van der Waals surface area contributed by atoms with E-state index in [1.807, 2.05) is 36.4 Å². The first-order chi connectivity index (χ1) is 13.3. The lowest BCUT2D eigenvalue weighted by Crippen LogP contribution is -2.14. The number of rotatable bonds is 2. The SMILES string of the molecule is CC(C)(C)c1ccc(C(=O)Nc2ccc3c(=O)c4ccccc4oc3c2)cc1. The van der Waals surface area contributed by atoms with Crippen molar-refractivity contribution in [2.45, 2.75) is 26.2 Å². The number of fused-ring (bicyclic) bond motifs is 2. The number of nitrogens with one attached hydrogen (secondary N) is 1. The van der Waals surface area contributed by atoms with E-state index in [0.29, 0.717) is 33.2 Å². The summed E-state index contributed by atoms with van der Waals surface area (Å²) in [5.41, 5.74) is 3.26. The van der Waals surface area contributed by atoms with Gasteiger partial charge in [-0.3, -0.25) is 9.59 Å². The summed E-state index contributed by atoms with van der Waals surface area (Å²) in [7, 11) is 0. The molecule has 1 aromatic heterocycles. The van der Waals surface area contributed by atoms with Gasteiger partial charge in [0.1, 0.15) is 11.2 Å². The molecule has 4 heteroatoms. The molecule has 0 bridgehead atoms. The van der Waals surface area contributed by atoms with Crippen LogP contribution in [0.25, 0.3) is 21.9 Å². The van der Waals surface area contributed by atoms with Crippen molar-refractivity contribution >= 4 is 33.5 Å². The number of carbonyl (C=O) groups excluding carboxylic acids is 1. The van der Waals surface area contributed by atoms with E-state index in [1.165, 1.54) is 5.56 Å². The lowest BCUT2D eigenvalue weighted by atomic mass is 9.87. The minimum atomic E-state index is -0.206. The van der Waals surface area contributed by atoms with Crippen molar-refractivity contribution in [1.29, 1.82) is 0 Å². The average Bonchev–Trinajstić information content (AvgIpc) is 2.67. The van der Waals surface area contributed by atoms with Crippen molar-refractivity contribution in [3.63, 3.8) is 0 Å². The van der Waals surface area contributed by atoms with Crippen molar-refractivity contribution in [3.8, 4) is 0 Å². The molecular formula is C24H21NO3. The Hall–Kier alpha value is -3.40. The Morgan fingerprint density at radius 3 is 2.25 bits per heavy atom. The maximum absolute atomic E-state index is 12.6. The fourth-order valence-corrected chi connectivity index (χ4v) is 3.20. The number of para-hydroxylation sites is 1. The molecule has 1 heterocycles. The number of hydrogen-bond acceptors (Lipinski definition) is 3. The molecule has 0 fully saturated rings. The topological polar surface area (TPSA) is 59.3 Å². The minimum absolute atomic E-state index is 0.0354. The van der Waals surface area contributed by atoms with Gasteiger partial charge in [-0.05, 0) is 47.4 Å². The molecule has 4 aromatic rings. The van der Waals surface area contributed by atoms with Gasteiger partial charge in [-0.2, -0.15) is 0 Å². The summed E-state index contributed by atoms with van der Waals surface area (Å²) in [6, 6.07) is 19.8. The van der Waals surface area contributed by atoms with E-state index in [1.54, 1.807) is 30.3 Å².